The maximum absolute atomic E-state index is 11.5. The molecule has 1 rings (SSSR count). The number of carbonyl (C=O) groups excluding carboxylic acids is 1. The first kappa shape index (κ1) is 14.7. The topological polar surface area (TPSA) is 73.9 Å². The highest BCUT2D eigenvalue weighted by Crippen LogP contribution is 2.27. The molecule has 0 saturated carbocycles. The van der Waals surface area contributed by atoms with Crippen LogP contribution >= 0.6 is 0 Å². The van der Waals surface area contributed by atoms with Crippen LogP contribution in [-0.4, -0.2) is 12.6 Å². The molecule has 98 valence electrons. The number of aryl methyl sites for hydroxylation is 1. The first-order chi connectivity index (χ1) is 9.15. The predicted octanol–water partition coefficient (Wildman–Crippen LogP) is 2.61. The monoisotopic (exact) mass is 256 g/mol. The van der Waals surface area contributed by atoms with Crippen LogP contribution < -0.4 is 0 Å². The lowest BCUT2D eigenvalue weighted by Gasteiger charge is -2.17. The zero-order valence-corrected chi connectivity index (χ0v) is 10.9. The number of hydrogen-bond acceptors (Lipinski definition) is 4. The highest BCUT2D eigenvalue weighted by molar-refractivity contribution is 5.71. The van der Waals surface area contributed by atoms with Gasteiger partial charge in [-0.25, -0.2) is 0 Å². The quantitative estimate of drug-likeness (QED) is 0.733. The fraction of sp³-hybridized carbons (Fsp3) is 0.400. The molecule has 0 fully saturated rings. The van der Waals surface area contributed by atoms with E-state index in [1.165, 1.54) is 0 Å². The molecule has 1 aromatic rings. The zero-order chi connectivity index (χ0) is 14.1. The number of esters is 1. The summed E-state index contributed by atoms with van der Waals surface area (Å²) in [5, 5.41) is 18.4. The van der Waals surface area contributed by atoms with Crippen LogP contribution in [0.15, 0.2) is 30.3 Å². The number of nitriles is 2. The molecule has 4 heteroatoms. The van der Waals surface area contributed by atoms with Gasteiger partial charge in [-0.1, -0.05) is 30.3 Å². The second kappa shape index (κ2) is 7.18. The standard InChI is InChI=1S/C15H16N2O2/c1-2-19-14(18)10-15(11-16,12-17)9-8-13-6-4-3-5-7-13/h3-7H,2,8-10H2,1H3. The van der Waals surface area contributed by atoms with Crippen molar-refractivity contribution in [1.82, 2.24) is 0 Å². The molecule has 0 aliphatic carbocycles. The minimum Gasteiger partial charge on any atom is -0.466 e. The molecule has 0 atom stereocenters. The number of rotatable bonds is 6. The van der Waals surface area contributed by atoms with Gasteiger partial charge in [-0.05, 0) is 25.3 Å². The Balaban J connectivity index is 2.70. The van der Waals surface area contributed by atoms with Gasteiger partial charge in [-0.3, -0.25) is 4.79 Å². The molecule has 4 nitrogen and oxygen atoms in total. The van der Waals surface area contributed by atoms with E-state index in [9.17, 15) is 15.3 Å². The highest BCUT2D eigenvalue weighted by atomic mass is 16.5. The van der Waals surface area contributed by atoms with Crippen LogP contribution in [0.4, 0.5) is 0 Å². The average Bonchev–Trinajstić information content (AvgIpc) is 2.45. The molecule has 0 aliphatic heterocycles. The zero-order valence-electron chi connectivity index (χ0n) is 10.9. The summed E-state index contributed by atoms with van der Waals surface area (Å²) < 4.78 is 4.81. The third kappa shape index (κ3) is 4.44. The van der Waals surface area contributed by atoms with Crippen LogP contribution in [0.25, 0.3) is 0 Å². The van der Waals surface area contributed by atoms with E-state index in [1.54, 1.807) is 6.92 Å². The molecule has 0 bridgehead atoms. The lowest BCUT2D eigenvalue weighted by molar-refractivity contribution is -0.144. The summed E-state index contributed by atoms with van der Waals surface area (Å²) in [4.78, 5) is 11.5. The van der Waals surface area contributed by atoms with Crippen molar-refractivity contribution in [2.75, 3.05) is 6.61 Å². The van der Waals surface area contributed by atoms with E-state index < -0.39 is 11.4 Å². The molecular weight excluding hydrogens is 240 g/mol. The molecule has 1 aromatic carbocycles. The molecule has 0 aliphatic rings. The molecule has 0 N–H and O–H groups in total. The van der Waals surface area contributed by atoms with Gasteiger partial charge in [0.1, 0.15) is 0 Å². The average molecular weight is 256 g/mol. The lowest BCUT2D eigenvalue weighted by Crippen LogP contribution is -2.23. The number of carbonyl (C=O) groups is 1. The maximum Gasteiger partial charge on any atom is 0.308 e. The van der Waals surface area contributed by atoms with Crippen molar-refractivity contribution >= 4 is 5.97 Å². The predicted molar refractivity (Wildman–Crippen MR) is 69.7 cm³/mol. The van der Waals surface area contributed by atoms with Crippen LogP contribution in [0.3, 0.4) is 0 Å². The van der Waals surface area contributed by atoms with Gasteiger partial charge in [-0.2, -0.15) is 10.5 Å². The molecule has 0 spiro atoms. The summed E-state index contributed by atoms with van der Waals surface area (Å²) >= 11 is 0. The Morgan fingerprint density at radius 2 is 1.89 bits per heavy atom. The van der Waals surface area contributed by atoms with Gasteiger partial charge >= 0.3 is 5.97 Å². The van der Waals surface area contributed by atoms with Crippen molar-refractivity contribution < 1.29 is 9.53 Å². The molecule has 0 saturated heterocycles. The molecule has 0 unspecified atom stereocenters. The van der Waals surface area contributed by atoms with Crippen LogP contribution in [-0.2, 0) is 16.0 Å². The number of nitrogens with zero attached hydrogens (tertiary/aromatic N) is 2. The Labute approximate surface area is 113 Å². The van der Waals surface area contributed by atoms with E-state index in [4.69, 9.17) is 4.74 Å². The van der Waals surface area contributed by atoms with Gasteiger partial charge in [0.05, 0.1) is 25.2 Å². The fourth-order valence-electron chi connectivity index (χ4n) is 1.77. The van der Waals surface area contributed by atoms with E-state index in [0.29, 0.717) is 12.8 Å². The van der Waals surface area contributed by atoms with Gasteiger partial charge in [0.2, 0.25) is 0 Å². The normalized spacial score (nSPS) is 10.3. The van der Waals surface area contributed by atoms with Gasteiger partial charge < -0.3 is 4.74 Å². The summed E-state index contributed by atoms with van der Waals surface area (Å²) in [5.74, 6) is -0.501. The SMILES string of the molecule is CCOC(=O)CC(C#N)(C#N)CCc1ccccc1. The van der Waals surface area contributed by atoms with Crippen LogP contribution in [0.2, 0.25) is 0 Å². The number of hydrogen-bond donors (Lipinski definition) is 0. The molecular formula is C15H16N2O2. The second-order valence-corrected chi connectivity index (χ2v) is 4.27. The van der Waals surface area contributed by atoms with E-state index in [0.717, 1.165) is 5.56 Å². The van der Waals surface area contributed by atoms with E-state index in [2.05, 4.69) is 0 Å². The first-order valence-corrected chi connectivity index (χ1v) is 6.18. The van der Waals surface area contributed by atoms with Crippen molar-refractivity contribution in [2.24, 2.45) is 5.41 Å². The Kier molecular flexibility index (Phi) is 5.57. The first-order valence-electron chi connectivity index (χ1n) is 6.18. The third-order valence-electron chi connectivity index (χ3n) is 2.86. The largest absolute Gasteiger partial charge is 0.466 e. The summed E-state index contributed by atoms with van der Waals surface area (Å²) in [6.45, 7) is 1.95. The lowest BCUT2D eigenvalue weighted by atomic mass is 9.82. The van der Waals surface area contributed by atoms with Crippen molar-refractivity contribution in [3.05, 3.63) is 35.9 Å². The van der Waals surface area contributed by atoms with Crippen molar-refractivity contribution in [3.63, 3.8) is 0 Å². The minimum atomic E-state index is -1.30. The molecule has 0 aromatic heterocycles. The van der Waals surface area contributed by atoms with Crippen molar-refractivity contribution in [2.45, 2.75) is 26.2 Å². The summed E-state index contributed by atoms with van der Waals surface area (Å²) in [7, 11) is 0. The Morgan fingerprint density at radius 3 is 2.42 bits per heavy atom. The van der Waals surface area contributed by atoms with Gasteiger partial charge in [-0.15, -0.1) is 0 Å². The Bertz CT molecular complexity index is 483. The summed E-state index contributed by atoms with van der Waals surface area (Å²) in [6, 6.07) is 13.5. The van der Waals surface area contributed by atoms with E-state index in [1.807, 2.05) is 42.5 Å². The molecule has 19 heavy (non-hydrogen) atoms. The van der Waals surface area contributed by atoms with Crippen LogP contribution in [0.1, 0.15) is 25.3 Å². The van der Waals surface area contributed by atoms with Gasteiger partial charge in [0.25, 0.3) is 0 Å². The number of benzene rings is 1. The molecule has 0 amide bonds. The Hall–Kier alpha value is -2.33. The minimum absolute atomic E-state index is 0.180. The van der Waals surface area contributed by atoms with Crippen LogP contribution in [0.5, 0.6) is 0 Å². The van der Waals surface area contributed by atoms with Crippen LogP contribution in [0, 0.1) is 28.1 Å². The summed E-state index contributed by atoms with van der Waals surface area (Å²) in [5.41, 5.74) is -0.261. The molecule has 0 radical (unpaired) electrons. The van der Waals surface area contributed by atoms with E-state index >= 15 is 0 Å². The Morgan fingerprint density at radius 1 is 1.26 bits per heavy atom. The van der Waals surface area contributed by atoms with Crippen molar-refractivity contribution in [1.29, 1.82) is 10.5 Å². The molecule has 0 heterocycles. The number of ether oxygens (including phenoxy) is 1. The summed E-state index contributed by atoms with van der Waals surface area (Å²) in [6.07, 6.45) is 0.727. The third-order valence-corrected chi connectivity index (χ3v) is 2.86. The maximum atomic E-state index is 11.5. The van der Waals surface area contributed by atoms with E-state index in [-0.39, 0.29) is 13.0 Å². The van der Waals surface area contributed by atoms with Crippen molar-refractivity contribution in [3.8, 4) is 12.1 Å². The second-order valence-electron chi connectivity index (χ2n) is 4.27. The highest BCUT2D eigenvalue weighted by Gasteiger charge is 2.33. The van der Waals surface area contributed by atoms with Gasteiger partial charge in [0, 0.05) is 0 Å². The smallest absolute Gasteiger partial charge is 0.308 e. The fourth-order valence-corrected chi connectivity index (χ4v) is 1.77. The van der Waals surface area contributed by atoms with Gasteiger partial charge in [0.15, 0.2) is 5.41 Å².